The molecule has 1 aliphatic heterocycles. The number of nitrogens with one attached hydrogen (secondary N) is 1. The number of carboxylic acid groups (broad SMARTS) is 1. The minimum absolute atomic E-state index is 0.0492. The van der Waals surface area contributed by atoms with Gasteiger partial charge in [0.2, 0.25) is 0 Å². The molecular formula is C15H20N2O3. The number of amides is 1. The van der Waals surface area contributed by atoms with Crippen LogP contribution in [0.4, 0.5) is 0 Å². The summed E-state index contributed by atoms with van der Waals surface area (Å²) in [5.74, 6) is -1.37. The number of likely N-dealkylation sites (N-methyl/N-ethyl adjacent to an activating group) is 1. The number of carbonyl (C=O) groups is 2. The molecule has 1 heterocycles. The summed E-state index contributed by atoms with van der Waals surface area (Å²) in [6.45, 7) is 4.97. The van der Waals surface area contributed by atoms with Crippen molar-refractivity contribution in [2.45, 2.75) is 25.8 Å². The van der Waals surface area contributed by atoms with Gasteiger partial charge in [-0.2, -0.15) is 0 Å². The van der Waals surface area contributed by atoms with E-state index in [2.05, 4.69) is 17.1 Å². The van der Waals surface area contributed by atoms with E-state index >= 15 is 0 Å². The Bertz CT molecular complexity index is 502. The van der Waals surface area contributed by atoms with E-state index in [0.29, 0.717) is 0 Å². The molecule has 0 aliphatic carbocycles. The molecule has 1 atom stereocenters. The fraction of sp³-hybridized carbons (Fsp3) is 0.467. The van der Waals surface area contributed by atoms with Crippen LogP contribution in [0.25, 0.3) is 0 Å². The van der Waals surface area contributed by atoms with E-state index in [-0.39, 0.29) is 23.1 Å². The van der Waals surface area contributed by atoms with Crippen molar-refractivity contribution < 1.29 is 14.7 Å². The van der Waals surface area contributed by atoms with Gasteiger partial charge < -0.3 is 15.3 Å². The lowest BCUT2D eigenvalue weighted by molar-refractivity contribution is 0.0689. The molecule has 1 aromatic carbocycles. The third-order valence-electron chi connectivity index (χ3n) is 3.69. The van der Waals surface area contributed by atoms with Gasteiger partial charge in [0.25, 0.3) is 5.91 Å². The number of aromatic carboxylic acids is 1. The molecule has 1 unspecified atom stereocenters. The number of hydrogen-bond acceptors (Lipinski definition) is 3. The Labute approximate surface area is 118 Å². The molecule has 1 aromatic rings. The average Bonchev–Trinajstić information content (AvgIpc) is 2.47. The third kappa shape index (κ3) is 3.36. The Kier molecular flexibility index (Phi) is 4.74. The van der Waals surface area contributed by atoms with E-state index in [1.165, 1.54) is 6.07 Å². The van der Waals surface area contributed by atoms with Crippen LogP contribution in [0.5, 0.6) is 0 Å². The molecule has 1 amide bonds. The van der Waals surface area contributed by atoms with Crippen molar-refractivity contribution in [3.05, 3.63) is 35.4 Å². The number of rotatable bonds is 4. The van der Waals surface area contributed by atoms with Gasteiger partial charge in [-0.1, -0.05) is 19.1 Å². The maximum Gasteiger partial charge on any atom is 0.336 e. The Morgan fingerprint density at radius 1 is 1.35 bits per heavy atom. The van der Waals surface area contributed by atoms with E-state index in [0.717, 1.165) is 32.5 Å². The van der Waals surface area contributed by atoms with E-state index in [9.17, 15) is 9.59 Å². The maximum atomic E-state index is 12.2. The first kappa shape index (κ1) is 14.5. The standard InChI is InChI=1S/C15H20N2O3/c1-2-17-9-5-6-11(10-17)16-14(18)12-7-3-4-8-13(12)15(19)20/h3-4,7-8,11H,2,5-6,9-10H2,1H3,(H,16,18)(H,19,20). The predicted octanol–water partition coefficient (Wildman–Crippen LogP) is 1.60. The van der Waals surface area contributed by atoms with Crippen molar-refractivity contribution in [1.29, 1.82) is 0 Å². The van der Waals surface area contributed by atoms with Crippen LogP contribution in [0.1, 0.15) is 40.5 Å². The normalized spacial score (nSPS) is 19.6. The SMILES string of the molecule is CCN1CCCC(NC(=O)c2ccccc2C(=O)O)C1. The molecule has 0 radical (unpaired) electrons. The molecule has 0 spiro atoms. The fourth-order valence-corrected chi connectivity index (χ4v) is 2.59. The van der Waals surface area contributed by atoms with Crippen molar-refractivity contribution in [3.63, 3.8) is 0 Å². The van der Waals surface area contributed by atoms with Crippen LogP contribution >= 0.6 is 0 Å². The van der Waals surface area contributed by atoms with Crippen molar-refractivity contribution in [2.75, 3.05) is 19.6 Å². The summed E-state index contributed by atoms with van der Waals surface area (Å²) in [7, 11) is 0. The summed E-state index contributed by atoms with van der Waals surface area (Å²) in [6, 6.07) is 6.41. The number of benzene rings is 1. The first-order valence-corrected chi connectivity index (χ1v) is 6.97. The Morgan fingerprint density at radius 2 is 2.05 bits per heavy atom. The summed E-state index contributed by atoms with van der Waals surface area (Å²) < 4.78 is 0. The zero-order valence-corrected chi connectivity index (χ0v) is 11.6. The number of piperidine rings is 1. The zero-order valence-electron chi connectivity index (χ0n) is 11.6. The molecule has 108 valence electrons. The second-order valence-electron chi connectivity index (χ2n) is 5.06. The minimum Gasteiger partial charge on any atom is -0.478 e. The molecule has 0 aromatic heterocycles. The van der Waals surface area contributed by atoms with Crippen molar-refractivity contribution >= 4 is 11.9 Å². The van der Waals surface area contributed by atoms with Gasteiger partial charge in [-0.25, -0.2) is 4.79 Å². The van der Waals surface area contributed by atoms with Gasteiger partial charge in [0.05, 0.1) is 11.1 Å². The van der Waals surface area contributed by atoms with Gasteiger partial charge >= 0.3 is 5.97 Å². The van der Waals surface area contributed by atoms with Crippen molar-refractivity contribution in [1.82, 2.24) is 10.2 Å². The summed E-state index contributed by atoms with van der Waals surface area (Å²) in [6.07, 6.45) is 2.00. The molecule has 1 aliphatic rings. The van der Waals surface area contributed by atoms with E-state index in [1.807, 2.05) is 0 Å². The Hall–Kier alpha value is -1.88. The molecule has 5 heteroatoms. The molecule has 0 bridgehead atoms. The van der Waals surface area contributed by atoms with Crippen molar-refractivity contribution in [2.24, 2.45) is 0 Å². The van der Waals surface area contributed by atoms with Gasteiger partial charge in [0.15, 0.2) is 0 Å². The lowest BCUT2D eigenvalue weighted by atomic mass is 10.0. The number of likely N-dealkylation sites (tertiary alicyclic amines) is 1. The Morgan fingerprint density at radius 3 is 2.70 bits per heavy atom. The second kappa shape index (κ2) is 6.52. The molecule has 2 N–H and O–H groups in total. The maximum absolute atomic E-state index is 12.2. The lowest BCUT2D eigenvalue weighted by Gasteiger charge is -2.32. The topological polar surface area (TPSA) is 69.6 Å². The highest BCUT2D eigenvalue weighted by molar-refractivity contribution is 6.04. The number of hydrogen-bond donors (Lipinski definition) is 2. The molecule has 1 saturated heterocycles. The van der Waals surface area contributed by atoms with Crippen LogP contribution in [0.15, 0.2) is 24.3 Å². The highest BCUT2D eigenvalue weighted by atomic mass is 16.4. The van der Waals surface area contributed by atoms with E-state index < -0.39 is 5.97 Å². The van der Waals surface area contributed by atoms with Gasteiger partial charge in [0.1, 0.15) is 0 Å². The summed E-state index contributed by atoms with van der Waals surface area (Å²) in [5.41, 5.74) is 0.279. The lowest BCUT2D eigenvalue weighted by Crippen LogP contribution is -2.47. The van der Waals surface area contributed by atoms with Crippen LogP contribution < -0.4 is 5.32 Å². The van der Waals surface area contributed by atoms with Gasteiger partial charge in [-0.15, -0.1) is 0 Å². The molecule has 2 rings (SSSR count). The molecule has 1 fully saturated rings. The fourth-order valence-electron chi connectivity index (χ4n) is 2.59. The highest BCUT2D eigenvalue weighted by Gasteiger charge is 2.22. The molecule has 20 heavy (non-hydrogen) atoms. The smallest absolute Gasteiger partial charge is 0.336 e. The number of carbonyl (C=O) groups excluding carboxylic acids is 1. The van der Waals surface area contributed by atoms with Crippen molar-refractivity contribution in [3.8, 4) is 0 Å². The van der Waals surface area contributed by atoms with Gasteiger partial charge in [-0.05, 0) is 38.1 Å². The summed E-state index contributed by atoms with van der Waals surface area (Å²) in [5, 5.41) is 12.1. The third-order valence-corrected chi connectivity index (χ3v) is 3.69. The zero-order chi connectivity index (χ0) is 14.5. The quantitative estimate of drug-likeness (QED) is 0.876. The van der Waals surface area contributed by atoms with Gasteiger partial charge in [0, 0.05) is 12.6 Å². The summed E-state index contributed by atoms with van der Waals surface area (Å²) >= 11 is 0. The van der Waals surface area contributed by atoms with Crippen LogP contribution in [-0.2, 0) is 0 Å². The monoisotopic (exact) mass is 276 g/mol. The van der Waals surface area contributed by atoms with E-state index in [1.54, 1.807) is 18.2 Å². The van der Waals surface area contributed by atoms with Gasteiger partial charge in [-0.3, -0.25) is 4.79 Å². The number of carboxylic acids is 1. The van der Waals surface area contributed by atoms with Crippen LogP contribution in [-0.4, -0.2) is 47.6 Å². The minimum atomic E-state index is -1.07. The van der Waals surface area contributed by atoms with Crippen LogP contribution in [0.2, 0.25) is 0 Å². The molecule has 5 nitrogen and oxygen atoms in total. The predicted molar refractivity (Wildman–Crippen MR) is 76.0 cm³/mol. The second-order valence-corrected chi connectivity index (χ2v) is 5.06. The van der Waals surface area contributed by atoms with E-state index in [4.69, 9.17) is 5.11 Å². The average molecular weight is 276 g/mol. The first-order valence-electron chi connectivity index (χ1n) is 6.97. The first-order chi connectivity index (χ1) is 9.61. The number of nitrogens with zero attached hydrogens (tertiary/aromatic N) is 1. The Balaban J connectivity index is 2.07. The molecule has 0 saturated carbocycles. The molecular weight excluding hydrogens is 256 g/mol. The highest BCUT2D eigenvalue weighted by Crippen LogP contribution is 2.13. The van der Waals surface area contributed by atoms with Crippen LogP contribution in [0.3, 0.4) is 0 Å². The largest absolute Gasteiger partial charge is 0.478 e. The van der Waals surface area contributed by atoms with Crippen LogP contribution in [0, 0.1) is 0 Å². The summed E-state index contributed by atoms with van der Waals surface area (Å²) in [4.78, 5) is 25.7.